The van der Waals surface area contributed by atoms with E-state index in [0.29, 0.717) is 16.9 Å². The molecule has 3 heterocycles. The summed E-state index contributed by atoms with van der Waals surface area (Å²) in [4.78, 5) is 27.5. The molecule has 2 fully saturated rings. The Morgan fingerprint density at radius 3 is 2.63 bits per heavy atom. The number of fused-ring (bicyclic) bond motifs is 1. The van der Waals surface area contributed by atoms with Crippen molar-refractivity contribution in [3.05, 3.63) is 68.5 Å². The molecule has 8 nitrogen and oxygen atoms in total. The van der Waals surface area contributed by atoms with E-state index >= 15 is 0 Å². The first-order valence-electron chi connectivity index (χ1n) is 13.2. The Kier molecular flexibility index (Phi) is 8.66. The van der Waals surface area contributed by atoms with Gasteiger partial charge in [0.15, 0.2) is 0 Å². The first-order chi connectivity index (χ1) is 18.5. The number of nitrogens with zero attached hydrogens (tertiary/aromatic N) is 1. The molecule has 0 atom stereocenters. The Morgan fingerprint density at radius 2 is 1.89 bits per heavy atom. The number of rotatable bonds is 8. The number of amides is 1. The van der Waals surface area contributed by atoms with E-state index in [1.807, 2.05) is 0 Å². The van der Waals surface area contributed by atoms with Crippen molar-refractivity contribution in [3.63, 3.8) is 0 Å². The number of carbonyl (C=O) groups excluding carboxylic acids is 1. The molecule has 2 aliphatic rings. The highest BCUT2D eigenvalue weighted by molar-refractivity contribution is 9.10. The van der Waals surface area contributed by atoms with Crippen molar-refractivity contribution in [1.82, 2.24) is 15.5 Å². The Labute approximate surface area is 230 Å². The second-order valence-electron chi connectivity index (χ2n) is 10.1. The fourth-order valence-corrected chi connectivity index (χ4v) is 5.69. The van der Waals surface area contributed by atoms with Gasteiger partial charge in [0.25, 0.3) is 0 Å². The maximum Gasteiger partial charge on any atom is 0.339 e. The van der Waals surface area contributed by atoms with Gasteiger partial charge >= 0.3 is 5.63 Å². The molecule has 1 aromatic heterocycles. The molecule has 3 aromatic rings. The molecule has 202 valence electrons. The summed E-state index contributed by atoms with van der Waals surface area (Å²) >= 11 is 3.69. The van der Waals surface area contributed by atoms with Crippen molar-refractivity contribution in [2.45, 2.75) is 50.8 Å². The number of benzene rings is 2. The monoisotopic (exact) mass is 583 g/mol. The summed E-state index contributed by atoms with van der Waals surface area (Å²) in [6.45, 7) is 4.66. The van der Waals surface area contributed by atoms with Gasteiger partial charge in [-0.15, -0.1) is 0 Å². The Morgan fingerprint density at radius 1 is 1.11 bits per heavy atom. The number of carbonyl (C=O) groups is 1. The largest absolute Gasteiger partial charge is 0.497 e. The fourth-order valence-electron chi connectivity index (χ4n) is 5.17. The topological polar surface area (TPSA) is 93.0 Å². The van der Waals surface area contributed by atoms with Crippen LogP contribution in [0, 0.1) is 0 Å². The lowest BCUT2D eigenvalue weighted by molar-refractivity contribution is -0.121. The van der Waals surface area contributed by atoms with Crippen LogP contribution in [0.4, 0.5) is 0 Å². The van der Waals surface area contributed by atoms with Crippen molar-refractivity contribution in [2.24, 2.45) is 0 Å². The summed E-state index contributed by atoms with van der Waals surface area (Å²) in [5.41, 5.74) is 1.57. The summed E-state index contributed by atoms with van der Waals surface area (Å²) in [5.74, 6) is 1.41. The molecule has 1 amide bonds. The minimum Gasteiger partial charge on any atom is -0.497 e. The summed E-state index contributed by atoms with van der Waals surface area (Å²) in [5, 5.41) is 7.20. The number of nitrogens with one attached hydrogen (secondary N) is 2. The van der Waals surface area contributed by atoms with Crippen molar-refractivity contribution < 1.29 is 18.7 Å². The molecule has 9 heteroatoms. The zero-order chi connectivity index (χ0) is 26.5. The molecular weight excluding hydrogens is 550 g/mol. The molecule has 5 rings (SSSR count). The number of piperidine rings is 2. The third-order valence-corrected chi connectivity index (χ3v) is 7.92. The highest BCUT2D eigenvalue weighted by Crippen LogP contribution is 2.29. The van der Waals surface area contributed by atoms with Gasteiger partial charge in [-0.25, -0.2) is 4.79 Å². The second kappa shape index (κ2) is 12.3. The summed E-state index contributed by atoms with van der Waals surface area (Å²) in [6, 6.07) is 13.4. The van der Waals surface area contributed by atoms with Crippen LogP contribution in [0.25, 0.3) is 11.0 Å². The number of likely N-dealkylation sites (tertiary alicyclic amines) is 1. The number of hydrogen-bond acceptors (Lipinski definition) is 7. The van der Waals surface area contributed by atoms with Crippen LogP contribution < -0.4 is 25.7 Å². The number of methoxy groups -OCH3 is 1. The van der Waals surface area contributed by atoms with Gasteiger partial charge in [0.2, 0.25) is 5.91 Å². The highest BCUT2D eigenvalue weighted by atomic mass is 79.9. The van der Waals surface area contributed by atoms with Crippen LogP contribution in [0.5, 0.6) is 11.5 Å². The van der Waals surface area contributed by atoms with E-state index < -0.39 is 5.63 Å². The van der Waals surface area contributed by atoms with Crippen LogP contribution in [-0.2, 0) is 17.8 Å². The van der Waals surface area contributed by atoms with Gasteiger partial charge in [-0.3, -0.25) is 9.69 Å². The van der Waals surface area contributed by atoms with Crippen LogP contribution in [-0.4, -0.2) is 56.2 Å². The van der Waals surface area contributed by atoms with Gasteiger partial charge in [0.1, 0.15) is 23.2 Å². The zero-order valence-electron chi connectivity index (χ0n) is 21.6. The standard InChI is InChI=1S/C29H34BrN3O5/c1-36-24-3-5-26-20(16-24)15-21(29(35)38-26)17-28(34)32-22-8-12-33(13-9-22)18-19-2-4-27(25(30)14-19)37-23-6-10-31-11-7-23/h2-5,14-16,22-23,31H,6-13,17-18H2,1H3,(H,32,34). The van der Waals surface area contributed by atoms with Crippen LogP contribution >= 0.6 is 15.9 Å². The fraction of sp³-hybridized carbons (Fsp3) is 0.448. The van der Waals surface area contributed by atoms with Gasteiger partial charge in [-0.2, -0.15) is 0 Å². The van der Waals surface area contributed by atoms with E-state index in [4.69, 9.17) is 13.9 Å². The SMILES string of the molecule is COc1ccc2oc(=O)c(CC(=O)NC3CCN(Cc4ccc(OC5CCNCC5)c(Br)c4)CC3)cc2c1. The number of ether oxygens (including phenoxy) is 2. The Bertz CT molecular complexity index is 1330. The normalized spacial score (nSPS) is 17.4. The van der Waals surface area contributed by atoms with Gasteiger partial charge in [0.05, 0.1) is 18.0 Å². The maximum atomic E-state index is 12.7. The molecule has 2 saturated heterocycles. The minimum atomic E-state index is -0.481. The molecule has 0 spiro atoms. The highest BCUT2D eigenvalue weighted by Gasteiger charge is 2.22. The van der Waals surface area contributed by atoms with Crippen LogP contribution in [0.3, 0.4) is 0 Å². The molecular formula is C29H34BrN3O5. The Balaban J connectivity index is 1.10. The predicted molar refractivity (Wildman–Crippen MR) is 150 cm³/mol. The number of halogens is 1. The molecule has 2 N–H and O–H groups in total. The molecule has 2 aliphatic heterocycles. The van der Waals surface area contributed by atoms with Gasteiger partial charge < -0.3 is 24.5 Å². The van der Waals surface area contributed by atoms with Crippen LogP contribution in [0.1, 0.15) is 36.8 Å². The van der Waals surface area contributed by atoms with Gasteiger partial charge in [-0.05, 0) is 96.7 Å². The maximum absolute atomic E-state index is 12.7. The minimum absolute atomic E-state index is 0.00445. The van der Waals surface area contributed by atoms with E-state index in [0.717, 1.165) is 74.0 Å². The lowest BCUT2D eigenvalue weighted by Gasteiger charge is -2.32. The first kappa shape index (κ1) is 26.7. The van der Waals surface area contributed by atoms with E-state index in [1.165, 1.54) is 5.56 Å². The quantitative estimate of drug-likeness (QED) is 0.387. The van der Waals surface area contributed by atoms with E-state index in [-0.39, 0.29) is 24.5 Å². The van der Waals surface area contributed by atoms with E-state index in [1.54, 1.807) is 31.4 Å². The smallest absolute Gasteiger partial charge is 0.339 e. The van der Waals surface area contributed by atoms with Gasteiger partial charge in [-0.1, -0.05) is 6.07 Å². The summed E-state index contributed by atoms with van der Waals surface area (Å²) in [7, 11) is 1.58. The van der Waals surface area contributed by atoms with E-state index in [9.17, 15) is 9.59 Å². The summed E-state index contributed by atoms with van der Waals surface area (Å²) in [6.07, 6.45) is 4.07. The lowest BCUT2D eigenvalue weighted by atomic mass is 10.0. The van der Waals surface area contributed by atoms with Crippen LogP contribution in [0.2, 0.25) is 0 Å². The Hall–Kier alpha value is -2.88. The average Bonchev–Trinajstić information content (AvgIpc) is 2.92. The average molecular weight is 585 g/mol. The summed E-state index contributed by atoms with van der Waals surface area (Å²) < 4.78 is 17.8. The predicted octanol–water partition coefficient (Wildman–Crippen LogP) is 4.02. The third kappa shape index (κ3) is 6.76. The third-order valence-electron chi connectivity index (χ3n) is 7.30. The van der Waals surface area contributed by atoms with Crippen LogP contribution in [0.15, 0.2) is 56.1 Å². The van der Waals surface area contributed by atoms with Crippen molar-refractivity contribution in [1.29, 1.82) is 0 Å². The van der Waals surface area contributed by atoms with Crippen molar-refractivity contribution >= 4 is 32.8 Å². The molecule has 0 unspecified atom stereocenters. The first-order valence-corrected chi connectivity index (χ1v) is 14.0. The molecule has 0 bridgehead atoms. The molecule has 38 heavy (non-hydrogen) atoms. The van der Waals surface area contributed by atoms with Crippen molar-refractivity contribution in [2.75, 3.05) is 33.3 Å². The van der Waals surface area contributed by atoms with Crippen molar-refractivity contribution in [3.8, 4) is 11.5 Å². The lowest BCUT2D eigenvalue weighted by Crippen LogP contribution is -2.45. The molecule has 0 aliphatic carbocycles. The molecule has 2 aromatic carbocycles. The second-order valence-corrected chi connectivity index (χ2v) is 10.9. The van der Waals surface area contributed by atoms with Gasteiger partial charge in [0, 0.05) is 36.6 Å². The zero-order valence-corrected chi connectivity index (χ0v) is 23.2. The molecule has 0 saturated carbocycles. The van der Waals surface area contributed by atoms with E-state index in [2.05, 4.69) is 49.7 Å². The molecule has 0 radical (unpaired) electrons. The number of hydrogen-bond donors (Lipinski definition) is 2.